The molecule has 0 aliphatic carbocycles. The molecular formula is C29H28N6O4S. The molecule has 1 saturated heterocycles. The van der Waals surface area contributed by atoms with E-state index in [-0.39, 0.29) is 23.7 Å². The summed E-state index contributed by atoms with van der Waals surface area (Å²) in [6.07, 6.45) is 1.76. The van der Waals surface area contributed by atoms with Gasteiger partial charge in [0.15, 0.2) is 5.11 Å². The number of aromatic nitrogens is 2. The van der Waals surface area contributed by atoms with Gasteiger partial charge in [0.1, 0.15) is 5.75 Å². The molecule has 2 N–H and O–H groups in total. The number of ether oxygens (including phenoxy) is 1. The summed E-state index contributed by atoms with van der Waals surface area (Å²) in [4.78, 5) is 29.1. The van der Waals surface area contributed by atoms with Crippen molar-refractivity contribution in [1.29, 1.82) is 0 Å². The number of rotatable bonds is 7. The van der Waals surface area contributed by atoms with Gasteiger partial charge in [0.05, 0.1) is 41.6 Å². The number of nitrogens with one attached hydrogen (secondary N) is 2. The van der Waals surface area contributed by atoms with Gasteiger partial charge in [0.2, 0.25) is 5.91 Å². The molecule has 204 valence electrons. The molecule has 2 atom stereocenters. The lowest BCUT2D eigenvalue weighted by atomic mass is 9.96. The van der Waals surface area contributed by atoms with Crippen LogP contribution in [0.3, 0.4) is 0 Å². The zero-order chi connectivity index (χ0) is 28.6. The van der Waals surface area contributed by atoms with Crippen LogP contribution in [0.25, 0.3) is 5.69 Å². The van der Waals surface area contributed by atoms with Crippen LogP contribution in [0.1, 0.15) is 41.7 Å². The molecule has 0 spiro atoms. The van der Waals surface area contributed by atoms with Crippen LogP contribution in [0.5, 0.6) is 5.75 Å². The van der Waals surface area contributed by atoms with E-state index in [0.29, 0.717) is 22.2 Å². The molecule has 2 aromatic heterocycles. The number of benzene rings is 2. The predicted molar refractivity (Wildman–Crippen MR) is 157 cm³/mol. The highest BCUT2D eigenvalue weighted by molar-refractivity contribution is 7.80. The van der Waals surface area contributed by atoms with Gasteiger partial charge in [-0.2, -0.15) is 0 Å². The SMILES string of the molecule is COc1cc([N+](=O)[O-])ccc1-n1c(C)cc([C@@H]2[C@@H](c3ccccn3)NC(=S)N2c2ccc(NC(C)=O)cc2)c1C. The van der Waals surface area contributed by atoms with Crippen LogP contribution in [-0.2, 0) is 4.79 Å². The summed E-state index contributed by atoms with van der Waals surface area (Å²) in [5.74, 6) is 0.252. The number of nitro benzene ring substituents is 1. The van der Waals surface area contributed by atoms with Crippen LogP contribution in [-0.4, -0.2) is 32.6 Å². The van der Waals surface area contributed by atoms with Crippen molar-refractivity contribution >= 4 is 40.3 Å². The second kappa shape index (κ2) is 10.8. The molecule has 40 heavy (non-hydrogen) atoms. The molecule has 1 aliphatic rings. The molecule has 0 saturated carbocycles. The lowest BCUT2D eigenvalue weighted by Gasteiger charge is -2.28. The maximum atomic E-state index is 11.5. The molecule has 3 heterocycles. The zero-order valence-corrected chi connectivity index (χ0v) is 23.2. The number of carbonyl (C=O) groups is 1. The molecule has 10 nitrogen and oxygen atoms in total. The van der Waals surface area contributed by atoms with Gasteiger partial charge in [0.25, 0.3) is 5.69 Å². The van der Waals surface area contributed by atoms with Crippen molar-refractivity contribution < 1.29 is 14.5 Å². The Bertz CT molecular complexity index is 1600. The summed E-state index contributed by atoms with van der Waals surface area (Å²) in [7, 11) is 1.50. The minimum absolute atomic E-state index is 0.0438. The average molecular weight is 557 g/mol. The number of pyridine rings is 1. The van der Waals surface area contributed by atoms with Crippen molar-refractivity contribution in [2.45, 2.75) is 32.9 Å². The van der Waals surface area contributed by atoms with E-state index in [1.807, 2.05) is 60.9 Å². The van der Waals surface area contributed by atoms with E-state index in [0.717, 1.165) is 28.3 Å². The number of thiocarbonyl (C=S) groups is 1. The van der Waals surface area contributed by atoms with E-state index in [9.17, 15) is 14.9 Å². The third-order valence-electron chi connectivity index (χ3n) is 6.97. The summed E-state index contributed by atoms with van der Waals surface area (Å²) in [6, 6.07) is 19.5. The summed E-state index contributed by atoms with van der Waals surface area (Å²) in [5.41, 5.74) is 5.90. The minimum atomic E-state index is -0.440. The Morgan fingerprint density at radius 1 is 1.12 bits per heavy atom. The van der Waals surface area contributed by atoms with Crippen LogP contribution < -0.4 is 20.3 Å². The first kappa shape index (κ1) is 26.8. The van der Waals surface area contributed by atoms with Gasteiger partial charge in [-0.3, -0.25) is 19.9 Å². The van der Waals surface area contributed by atoms with E-state index >= 15 is 0 Å². The fourth-order valence-electron chi connectivity index (χ4n) is 5.28. The van der Waals surface area contributed by atoms with Crippen molar-refractivity contribution in [3.63, 3.8) is 0 Å². The highest BCUT2D eigenvalue weighted by Crippen LogP contribution is 2.44. The van der Waals surface area contributed by atoms with E-state index in [1.165, 1.54) is 26.2 Å². The fraction of sp³-hybridized carbons (Fsp3) is 0.207. The largest absolute Gasteiger partial charge is 0.494 e. The molecule has 0 unspecified atom stereocenters. The first-order chi connectivity index (χ1) is 19.2. The van der Waals surface area contributed by atoms with Gasteiger partial charge in [-0.15, -0.1) is 0 Å². The van der Waals surface area contributed by atoms with Crippen LogP contribution in [0.4, 0.5) is 17.1 Å². The average Bonchev–Trinajstić information content (AvgIpc) is 3.43. The summed E-state index contributed by atoms with van der Waals surface area (Å²) in [5, 5.41) is 18.2. The van der Waals surface area contributed by atoms with Crippen molar-refractivity contribution in [3.8, 4) is 11.4 Å². The number of nitro groups is 1. The molecule has 5 rings (SSSR count). The Morgan fingerprint density at radius 3 is 2.50 bits per heavy atom. The maximum Gasteiger partial charge on any atom is 0.273 e. The van der Waals surface area contributed by atoms with Gasteiger partial charge in [-0.25, -0.2) is 0 Å². The Kier molecular flexibility index (Phi) is 7.22. The number of anilines is 2. The van der Waals surface area contributed by atoms with Crippen molar-refractivity contribution in [2.75, 3.05) is 17.3 Å². The van der Waals surface area contributed by atoms with Crippen LogP contribution in [0, 0.1) is 24.0 Å². The lowest BCUT2D eigenvalue weighted by molar-refractivity contribution is -0.384. The molecule has 1 amide bonds. The highest BCUT2D eigenvalue weighted by Gasteiger charge is 2.42. The zero-order valence-electron chi connectivity index (χ0n) is 22.4. The number of hydrogen-bond donors (Lipinski definition) is 2. The third kappa shape index (κ3) is 4.87. The Balaban J connectivity index is 1.65. The molecule has 0 radical (unpaired) electrons. The van der Waals surface area contributed by atoms with Crippen LogP contribution in [0.15, 0.2) is 72.9 Å². The molecule has 1 aliphatic heterocycles. The van der Waals surface area contributed by atoms with Gasteiger partial charge >= 0.3 is 0 Å². The minimum Gasteiger partial charge on any atom is -0.494 e. The molecular weight excluding hydrogens is 528 g/mol. The lowest BCUT2D eigenvalue weighted by Crippen LogP contribution is -2.29. The highest BCUT2D eigenvalue weighted by atomic mass is 32.1. The van der Waals surface area contributed by atoms with E-state index in [4.69, 9.17) is 17.0 Å². The first-order valence-electron chi connectivity index (χ1n) is 12.6. The standard InChI is InChI=1S/C29H28N6O4S/c1-17-15-23(18(2)33(17)25-13-12-22(35(37)38)16-26(25)39-4)28-27(24-7-5-6-14-30-24)32-29(40)34(28)21-10-8-20(9-11-21)31-19(3)36/h5-16,27-28H,1-4H3,(H,31,36)(H,32,40)/t27-,28-/m1/s1. The Hall–Kier alpha value is -4.77. The molecule has 11 heteroatoms. The number of methoxy groups -OCH3 is 1. The van der Waals surface area contributed by atoms with Crippen molar-refractivity contribution in [1.82, 2.24) is 14.9 Å². The number of amides is 1. The number of nitrogens with zero attached hydrogens (tertiary/aromatic N) is 4. The van der Waals surface area contributed by atoms with Crippen LogP contribution in [0.2, 0.25) is 0 Å². The number of carbonyl (C=O) groups excluding carboxylic acids is 1. The number of hydrogen-bond acceptors (Lipinski definition) is 6. The summed E-state index contributed by atoms with van der Waals surface area (Å²) >= 11 is 5.86. The number of non-ortho nitro benzene ring substituents is 1. The van der Waals surface area contributed by atoms with E-state index < -0.39 is 4.92 Å². The van der Waals surface area contributed by atoms with E-state index in [1.54, 1.807) is 12.3 Å². The molecule has 2 aromatic carbocycles. The topological polar surface area (TPSA) is 115 Å². The molecule has 4 aromatic rings. The molecule has 0 bridgehead atoms. The van der Waals surface area contributed by atoms with Gasteiger partial charge < -0.3 is 24.8 Å². The second-order valence-corrected chi connectivity index (χ2v) is 9.89. The number of aryl methyl sites for hydroxylation is 1. The first-order valence-corrected chi connectivity index (χ1v) is 13.0. The smallest absolute Gasteiger partial charge is 0.273 e. The van der Waals surface area contributed by atoms with Gasteiger partial charge in [-0.05, 0) is 80.2 Å². The third-order valence-corrected chi connectivity index (χ3v) is 7.28. The summed E-state index contributed by atoms with van der Waals surface area (Å²) in [6.45, 7) is 5.47. The van der Waals surface area contributed by atoms with E-state index in [2.05, 4.69) is 26.6 Å². The Labute approximate surface area is 236 Å². The van der Waals surface area contributed by atoms with Gasteiger partial charge in [0, 0.05) is 41.9 Å². The maximum absolute atomic E-state index is 11.5. The van der Waals surface area contributed by atoms with Crippen molar-refractivity contribution in [2.24, 2.45) is 0 Å². The predicted octanol–water partition coefficient (Wildman–Crippen LogP) is 5.54. The fourth-order valence-corrected chi connectivity index (χ4v) is 5.63. The quantitative estimate of drug-likeness (QED) is 0.173. The van der Waals surface area contributed by atoms with Crippen molar-refractivity contribution in [3.05, 3.63) is 106 Å². The normalized spacial score (nSPS) is 16.5. The molecule has 1 fully saturated rings. The Morgan fingerprint density at radius 2 is 1.88 bits per heavy atom. The summed E-state index contributed by atoms with van der Waals surface area (Å²) < 4.78 is 7.60. The monoisotopic (exact) mass is 556 g/mol. The second-order valence-electron chi connectivity index (χ2n) is 9.50. The van der Waals surface area contributed by atoms with Gasteiger partial charge in [-0.1, -0.05) is 6.07 Å². The van der Waals surface area contributed by atoms with Crippen LogP contribution >= 0.6 is 12.2 Å².